The van der Waals surface area contributed by atoms with Crippen LogP contribution in [0.4, 0.5) is 0 Å². The Kier molecular flexibility index (Phi) is 4.47. The Morgan fingerprint density at radius 3 is 1.50 bits per heavy atom. The second-order valence-corrected chi connectivity index (χ2v) is 5.62. The normalized spacial score (nSPS) is 10.8. The SMILES string of the molecule is CCc1c(-c2ccccc2)[n+](=O)c(-c2ccccc2)c(CC)n1[O-]. The molecule has 0 saturated carbocycles. The van der Waals surface area contributed by atoms with Gasteiger partial charge in [-0.15, -0.1) is 0 Å². The van der Waals surface area contributed by atoms with E-state index in [4.69, 9.17) is 0 Å². The maximum Gasteiger partial charge on any atom is 0.289 e. The molecule has 4 heteroatoms. The quantitative estimate of drug-likeness (QED) is 0.676. The van der Waals surface area contributed by atoms with Gasteiger partial charge in [0, 0.05) is 4.91 Å². The van der Waals surface area contributed by atoms with Gasteiger partial charge in [0.25, 0.3) is 11.4 Å². The summed E-state index contributed by atoms with van der Waals surface area (Å²) in [5.74, 6) is 0. The van der Waals surface area contributed by atoms with Crippen LogP contribution in [0.5, 0.6) is 0 Å². The minimum atomic E-state index is 0.434. The van der Waals surface area contributed by atoms with Gasteiger partial charge in [0.2, 0.25) is 0 Å². The first-order valence-electron chi connectivity index (χ1n) is 8.20. The second-order valence-electron chi connectivity index (χ2n) is 5.62. The van der Waals surface area contributed by atoms with Gasteiger partial charge in [-0.1, -0.05) is 50.2 Å². The van der Waals surface area contributed by atoms with Gasteiger partial charge in [0.1, 0.15) is 0 Å². The molecule has 0 radical (unpaired) electrons. The molecule has 3 rings (SSSR count). The number of hydrogen-bond acceptors (Lipinski definition) is 2. The fourth-order valence-electron chi connectivity index (χ4n) is 3.08. The Morgan fingerprint density at radius 2 is 1.17 bits per heavy atom. The van der Waals surface area contributed by atoms with Gasteiger partial charge < -0.3 is 9.94 Å². The molecule has 0 N–H and O–H groups in total. The highest BCUT2D eigenvalue weighted by Gasteiger charge is 2.28. The van der Waals surface area contributed by atoms with Crippen molar-refractivity contribution in [3.8, 4) is 22.5 Å². The van der Waals surface area contributed by atoms with Crippen LogP contribution in [-0.4, -0.2) is 4.73 Å². The minimum absolute atomic E-state index is 0.434. The molecule has 0 aliphatic rings. The third-order valence-corrected chi connectivity index (χ3v) is 4.21. The molecule has 24 heavy (non-hydrogen) atoms. The lowest BCUT2D eigenvalue weighted by atomic mass is 10.0. The van der Waals surface area contributed by atoms with Crippen LogP contribution in [0.15, 0.2) is 60.7 Å². The van der Waals surface area contributed by atoms with Crippen LogP contribution in [0.25, 0.3) is 22.5 Å². The van der Waals surface area contributed by atoms with E-state index in [-0.39, 0.29) is 0 Å². The molecule has 0 fully saturated rings. The largest absolute Gasteiger partial charge is 0.805 e. The zero-order chi connectivity index (χ0) is 17.1. The average Bonchev–Trinajstić information content (AvgIpc) is 2.64. The number of aromatic nitrogens is 2. The number of rotatable bonds is 4. The Labute approximate surface area is 141 Å². The fourth-order valence-corrected chi connectivity index (χ4v) is 3.08. The molecular formula is C20H20N2O2. The highest BCUT2D eigenvalue weighted by atomic mass is 16.5. The van der Waals surface area contributed by atoms with Crippen LogP contribution in [0.1, 0.15) is 25.2 Å². The number of nitrogens with zero attached hydrogens (tertiary/aromatic N) is 2. The highest BCUT2D eigenvalue weighted by Crippen LogP contribution is 2.27. The molecule has 0 spiro atoms. The molecule has 0 bridgehead atoms. The van der Waals surface area contributed by atoms with Crippen molar-refractivity contribution in [2.75, 3.05) is 0 Å². The zero-order valence-electron chi connectivity index (χ0n) is 13.9. The summed E-state index contributed by atoms with van der Waals surface area (Å²) in [6.07, 6.45) is 0.996. The molecule has 0 aliphatic heterocycles. The van der Waals surface area contributed by atoms with Gasteiger partial charge in [-0.05, 0) is 37.1 Å². The number of hydrogen-bond donors (Lipinski definition) is 0. The minimum Gasteiger partial charge on any atom is -0.805 e. The van der Waals surface area contributed by atoms with Crippen molar-refractivity contribution >= 4 is 0 Å². The first-order valence-corrected chi connectivity index (χ1v) is 8.20. The molecule has 4 nitrogen and oxygen atoms in total. The molecule has 1 aromatic heterocycles. The lowest BCUT2D eigenvalue weighted by Gasteiger charge is -2.22. The number of benzene rings is 2. The second kappa shape index (κ2) is 6.71. The lowest BCUT2D eigenvalue weighted by molar-refractivity contribution is -0.471. The zero-order valence-corrected chi connectivity index (χ0v) is 13.9. The van der Waals surface area contributed by atoms with E-state index in [0.717, 1.165) is 20.3 Å². The third kappa shape index (κ3) is 2.60. The van der Waals surface area contributed by atoms with Crippen molar-refractivity contribution in [2.45, 2.75) is 26.7 Å². The van der Waals surface area contributed by atoms with Crippen molar-refractivity contribution in [3.05, 3.63) is 82.2 Å². The molecule has 0 unspecified atom stereocenters. The summed E-state index contributed by atoms with van der Waals surface area (Å²) in [5.41, 5.74) is 3.40. The molecule has 0 atom stereocenters. The van der Waals surface area contributed by atoms with Gasteiger partial charge >= 0.3 is 0 Å². The summed E-state index contributed by atoms with van der Waals surface area (Å²) >= 11 is 0. The van der Waals surface area contributed by atoms with Crippen LogP contribution in [0, 0.1) is 10.1 Å². The first-order chi connectivity index (χ1) is 11.7. The topological polar surface area (TPSA) is 51.0 Å². The standard InChI is InChI=1S/C20H20N2O2/c1-3-17-19(15-11-7-5-8-12-15)22(24)20(18(4-2)21(17)23)16-13-9-6-10-14-16/h5-14H,3-4H2,1-2H3. The highest BCUT2D eigenvalue weighted by molar-refractivity contribution is 5.64. The monoisotopic (exact) mass is 320 g/mol. The Hall–Kier alpha value is -2.88. The summed E-state index contributed by atoms with van der Waals surface area (Å²) in [6, 6.07) is 18.8. The van der Waals surface area contributed by atoms with Gasteiger partial charge in [-0.25, -0.2) is 0 Å². The van der Waals surface area contributed by atoms with E-state index in [1.54, 1.807) is 0 Å². The summed E-state index contributed by atoms with van der Waals surface area (Å²) in [7, 11) is 0. The van der Waals surface area contributed by atoms with Gasteiger partial charge in [0.05, 0.1) is 26.9 Å². The Bertz CT molecular complexity index is 829. The van der Waals surface area contributed by atoms with Crippen molar-refractivity contribution in [3.63, 3.8) is 0 Å². The molecule has 0 aliphatic carbocycles. The predicted octanol–water partition coefficient (Wildman–Crippen LogP) is 4.21. The fraction of sp³-hybridized carbons (Fsp3) is 0.200. The maximum atomic E-state index is 13.2. The Morgan fingerprint density at radius 1 is 0.792 bits per heavy atom. The van der Waals surface area contributed by atoms with Crippen molar-refractivity contribution in [2.24, 2.45) is 0 Å². The van der Waals surface area contributed by atoms with Crippen LogP contribution in [0.2, 0.25) is 0 Å². The van der Waals surface area contributed by atoms with Gasteiger partial charge in [-0.2, -0.15) is 0 Å². The summed E-state index contributed by atoms with van der Waals surface area (Å²) in [5, 5.41) is 12.9. The van der Waals surface area contributed by atoms with E-state index in [9.17, 15) is 10.1 Å². The van der Waals surface area contributed by atoms with Crippen LogP contribution in [0.3, 0.4) is 0 Å². The molecular weight excluding hydrogens is 300 g/mol. The Balaban J connectivity index is 2.43. The molecule has 0 saturated heterocycles. The third-order valence-electron chi connectivity index (χ3n) is 4.21. The van der Waals surface area contributed by atoms with Gasteiger partial charge in [0.15, 0.2) is 0 Å². The maximum absolute atomic E-state index is 13.2. The predicted molar refractivity (Wildman–Crippen MR) is 96.2 cm³/mol. The molecule has 1 heterocycles. The van der Waals surface area contributed by atoms with E-state index < -0.39 is 0 Å². The van der Waals surface area contributed by atoms with Crippen LogP contribution in [-0.2, 0) is 12.8 Å². The molecule has 3 aromatic rings. The summed E-state index contributed by atoms with van der Waals surface area (Å²) < 4.78 is 1.87. The average molecular weight is 320 g/mol. The van der Waals surface area contributed by atoms with Gasteiger partial charge in [-0.3, -0.25) is 0 Å². The first kappa shape index (κ1) is 16.0. The van der Waals surface area contributed by atoms with Crippen molar-refractivity contribution < 1.29 is 4.43 Å². The van der Waals surface area contributed by atoms with Crippen LogP contribution >= 0.6 is 0 Å². The van der Waals surface area contributed by atoms with E-state index in [1.807, 2.05) is 74.5 Å². The smallest absolute Gasteiger partial charge is 0.289 e. The van der Waals surface area contributed by atoms with Crippen molar-refractivity contribution in [1.82, 2.24) is 4.73 Å². The summed E-state index contributed by atoms with van der Waals surface area (Å²) in [6.45, 7) is 3.80. The molecule has 0 amide bonds. The summed E-state index contributed by atoms with van der Waals surface area (Å²) in [4.78, 5) is 13.2. The molecule has 2 aromatic carbocycles. The van der Waals surface area contributed by atoms with E-state index in [2.05, 4.69) is 0 Å². The van der Waals surface area contributed by atoms with E-state index in [0.29, 0.717) is 35.6 Å². The van der Waals surface area contributed by atoms with E-state index >= 15 is 0 Å². The molecule has 122 valence electrons. The van der Waals surface area contributed by atoms with Crippen molar-refractivity contribution in [1.29, 1.82) is 0 Å². The van der Waals surface area contributed by atoms with Crippen LogP contribution < -0.4 is 4.43 Å². The van der Waals surface area contributed by atoms with E-state index in [1.165, 1.54) is 0 Å². The lowest BCUT2D eigenvalue weighted by Crippen LogP contribution is -2.29.